The van der Waals surface area contributed by atoms with E-state index in [-0.39, 0.29) is 17.6 Å². The predicted molar refractivity (Wildman–Crippen MR) is 79.1 cm³/mol. The Hall–Kier alpha value is -2.37. The maximum Gasteiger partial charge on any atom is 0.306 e. The van der Waals surface area contributed by atoms with Crippen LogP contribution in [-0.4, -0.2) is 39.5 Å². The number of piperidine rings is 1. The molecule has 0 radical (unpaired) electrons. The highest BCUT2D eigenvalue weighted by Crippen LogP contribution is 2.23. The molecule has 0 saturated carbocycles. The van der Waals surface area contributed by atoms with Crippen LogP contribution < -0.4 is 0 Å². The molecule has 1 aromatic carbocycles. The summed E-state index contributed by atoms with van der Waals surface area (Å²) in [6.07, 6.45) is 0.944. The zero-order chi connectivity index (χ0) is 15.9. The van der Waals surface area contributed by atoms with Crippen LogP contribution in [0.1, 0.15) is 23.3 Å². The van der Waals surface area contributed by atoms with E-state index in [1.807, 2.05) is 0 Å². The maximum atomic E-state index is 13.3. The molecule has 0 aliphatic carbocycles. The zero-order valence-corrected chi connectivity index (χ0v) is 12.3. The van der Waals surface area contributed by atoms with Crippen molar-refractivity contribution in [1.82, 2.24) is 9.47 Å². The molecular weight excluding hydrogens is 287 g/mol. The third-order valence-electron chi connectivity index (χ3n) is 4.36. The second-order valence-electron chi connectivity index (χ2n) is 5.70. The summed E-state index contributed by atoms with van der Waals surface area (Å²) in [5.74, 6) is -1.64. The number of likely N-dealkylation sites (tertiary alicyclic amines) is 1. The van der Waals surface area contributed by atoms with Gasteiger partial charge in [0, 0.05) is 31.0 Å². The van der Waals surface area contributed by atoms with E-state index in [1.54, 1.807) is 28.6 Å². The molecular formula is C16H17FN2O3. The van der Waals surface area contributed by atoms with Crippen molar-refractivity contribution in [2.45, 2.75) is 12.8 Å². The summed E-state index contributed by atoms with van der Waals surface area (Å²) in [5, 5.41) is 9.69. The fourth-order valence-corrected chi connectivity index (χ4v) is 3.02. The summed E-state index contributed by atoms with van der Waals surface area (Å²) < 4.78 is 15.0. The number of rotatable bonds is 2. The van der Waals surface area contributed by atoms with Gasteiger partial charge in [-0.05, 0) is 37.1 Å². The molecule has 6 heteroatoms. The predicted octanol–water partition coefficient (Wildman–Crippen LogP) is 2.25. The van der Waals surface area contributed by atoms with Gasteiger partial charge < -0.3 is 14.6 Å². The van der Waals surface area contributed by atoms with Gasteiger partial charge in [0.15, 0.2) is 0 Å². The van der Waals surface area contributed by atoms with E-state index in [4.69, 9.17) is 5.11 Å². The number of nitrogens with zero attached hydrogens (tertiary/aromatic N) is 2. The molecule has 116 valence electrons. The van der Waals surface area contributed by atoms with Gasteiger partial charge in [-0.3, -0.25) is 9.59 Å². The van der Waals surface area contributed by atoms with Gasteiger partial charge in [0.25, 0.3) is 5.91 Å². The summed E-state index contributed by atoms with van der Waals surface area (Å²) in [5.41, 5.74) is 1.29. The average molecular weight is 304 g/mol. The van der Waals surface area contributed by atoms with Crippen LogP contribution in [0.25, 0.3) is 10.9 Å². The van der Waals surface area contributed by atoms with Crippen LogP contribution in [0.5, 0.6) is 0 Å². The number of carboxylic acids is 1. The Labute approximate surface area is 126 Å². The number of carboxylic acid groups (broad SMARTS) is 1. The van der Waals surface area contributed by atoms with Gasteiger partial charge >= 0.3 is 5.97 Å². The monoisotopic (exact) mass is 304 g/mol. The minimum Gasteiger partial charge on any atom is -0.481 e. The number of benzene rings is 1. The van der Waals surface area contributed by atoms with Crippen molar-refractivity contribution >= 4 is 22.8 Å². The summed E-state index contributed by atoms with van der Waals surface area (Å²) in [6, 6.07) is 6.11. The number of carbonyl (C=O) groups is 2. The fraction of sp³-hybridized carbons (Fsp3) is 0.375. The molecule has 2 aromatic rings. The summed E-state index contributed by atoms with van der Waals surface area (Å²) in [7, 11) is 1.78. The van der Waals surface area contributed by atoms with Gasteiger partial charge in [0.2, 0.25) is 0 Å². The number of hydrogen-bond donors (Lipinski definition) is 1. The highest BCUT2D eigenvalue weighted by atomic mass is 19.1. The average Bonchev–Trinajstić information content (AvgIpc) is 2.83. The topological polar surface area (TPSA) is 62.5 Å². The first-order chi connectivity index (χ1) is 10.5. The molecule has 1 aliphatic heterocycles. The number of aliphatic carboxylic acids is 1. The number of carbonyl (C=O) groups excluding carboxylic acids is 1. The minimum absolute atomic E-state index is 0.136. The van der Waals surface area contributed by atoms with Crippen LogP contribution in [-0.2, 0) is 11.8 Å². The highest BCUT2D eigenvalue weighted by molar-refractivity contribution is 5.98. The second-order valence-corrected chi connectivity index (χ2v) is 5.70. The van der Waals surface area contributed by atoms with Crippen LogP contribution in [0.15, 0.2) is 24.3 Å². The van der Waals surface area contributed by atoms with Gasteiger partial charge in [-0.15, -0.1) is 0 Å². The van der Waals surface area contributed by atoms with Crippen LogP contribution in [0.2, 0.25) is 0 Å². The molecule has 0 spiro atoms. The van der Waals surface area contributed by atoms with E-state index in [1.165, 1.54) is 12.1 Å². The van der Waals surface area contributed by atoms with Crippen LogP contribution in [0.3, 0.4) is 0 Å². The molecule has 0 bridgehead atoms. The highest BCUT2D eigenvalue weighted by Gasteiger charge is 2.28. The molecule has 0 unspecified atom stereocenters. The summed E-state index contributed by atoms with van der Waals surface area (Å²) >= 11 is 0. The van der Waals surface area contributed by atoms with Gasteiger partial charge in [-0.25, -0.2) is 4.39 Å². The number of fused-ring (bicyclic) bond motifs is 1. The van der Waals surface area contributed by atoms with Crippen molar-refractivity contribution in [3.05, 3.63) is 35.8 Å². The lowest BCUT2D eigenvalue weighted by Gasteiger charge is -2.30. The molecule has 1 aliphatic rings. The normalized spacial score (nSPS) is 16.2. The maximum absolute atomic E-state index is 13.3. The number of hydrogen-bond acceptors (Lipinski definition) is 2. The molecule has 2 heterocycles. The molecule has 1 aromatic heterocycles. The fourth-order valence-electron chi connectivity index (χ4n) is 3.02. The molecule has 0 atom stereocenters. The SMILES string of the molecule is Cn1c(C(=O)N2CCC(C(=O)O)CC2)cc2cc(F)ccc21. The lowest BCUT2D eigenvalue weighted by atomic mass is 9.97. The molecule has 1 amide bonds. The Morgan fingerprint density at radius 1 is 1.23 bits per heavy atom. The van der Waals surface area contributed by atoms with E-state index >= 15 is 0 Å². The van der Waals surface area contributed by atoms with Crippen molar-refractivity contribution in [2.24, 2.45) is 13.0 Å². The Bertz CT molecular complexity index is 745. The zero-order valence-electron chi connectivity index (χ0n) is 12.3. The van der Waals surface area contributed by atoms with Gasteiger partial charge in [0.05, 0.1) is 5.92 Å². The van der Waals surface area contributed by atoms with Crippen LogP contribution in [0, 0.1) is 11.7 Å². The standard InChI is InChI=1S/C16H17FN2O3/c1-18-13-3-2-12(17)8-11(13)9-14(18)15(20)19-6-4-10(5-7-19)16(21)22/h2-3,8-10H,4-7H2,1H3,(H,21,22). The van der Waals surface area contributed by atoms with Crippen molar-refractivity contribution in [3.8, 4) is 0 Å². The first-order valence-electron chi connectivity index (χ1n) is 7.24. The summed E-state index contributed by atoms with van der Waals surface area (Å²) in [4.78, 5) is 25.2. The number of halogens is 1. The first-order valence-corrected chi connectivity index (χ1v) is 7.24. The van der Waals surface area contributed by atoms with E-state index in [0.29, 0.717) is 37.0 Å². The van der Waals surface area contributed by atoms with E-state index < -0.39 is 5.97 Å². The lowest BCUT2D eigenvalue weighted by molar-refractivity contribution is -0.143. The van der Waals surface area contributed by atoms with Crippen molar-refractivity contribution in [2.75, 3.05) is 13.1 Å². The van der Waals surface area contributed by atoms with Crippen molar-refractivity contribution in [1.29, 1.82) is 0 Å². The number of aromatic nitrogens is 1. The smallest absolute Gasteiger partial charge is 0.306 e. The van der Waals surface area contributed by atoms with E-state index in [9.17, 15) is 14.0 Å². The third kappa shape index (κ3) is 2.45. The quantitative estimate of drug-likeness (QED) is 0.925. The van der Waals surface area contributed by atoms with Gasteiger partial charge in [-0.1, -0.05) is 0 Å². The molecule has 1 fully saturated rings. The number of aryl methyl sites for hydroxylation is 1. The van der Waals surface area contributed by atoms with Crippen LogP contribution >= 0.6 is 0 Å². The molecule has 22 heavy (non-hydrogen) atoms. The van der Waals surface area contributed by atoms with Gasteiger partial charge in [0.1, 0.15) is 11.5 Å². The van der Waals surface area contributed by atoms with Gasteiger partial charge in [-0.2, -0.15) is 0 Å². The van der Waals surface area contributed by atoms with Crippen LogP contribution in [0.4, 0.5) is 4.39 Å². The minimum atomic E-state index is -0.799. The Balaban J connectivity index is 1.84. The molecule has 1 saturated heterocycles. The Kier molecular flexibility index (Phi) is 3.60. The number of amides is 1. The Morgan fingerprint density at radius 3 is 2.55 bits per heavy atom. The largest absolute Gasteiger partial charge is 0.481 e. The van der Waals surface area contributed by atoms with Crippen molar-refractivity contribution in [3.63, 3.8) is 0 Å². The molecule has 5 nitrogen and oxygen atoms in total. The summed E-state index contributed by atoms with van der Waals surface area (Å²) in [6.45, 7) is 0.872. The van der Waals surface area contributed by atoms with Crippen molar-refractivity contribution < 1.29 is 19.1 Å². The molecule has 3 rings (SSSR count). The second kappa shape index (κ2) is 5.44. The Morgan fingerprint density at radius 2 is 1.91 bits per heavy atom. The first kappa shape index (κ1) is 14.6. The third-order valence-corrected chi connectivity index (χ3v) is 4.36. The lowest BCUT2D eigenvalue weighted by Crippen LogP contribution is -2.40. The van der Waals surface area contributed by atoms with E-state index in [0.717, 1.165) is 5.52 Å². The molecule has 1 N–H and O–H groups in total. The van der Waals surface area contributed by atoms with E-state index in [2.05, 4.69) is 0 Å².